The third-order valence-electron chi connectivity index (χ3n) is 3.19. The van der Waals surface area contributed by atoms with Gasteiger partial charge in [-0.25, -0.2) is 0 Å². The largest absolute Gasteiger partial charge is 0.508 e. The van der Waals surface area contributed by atoms with Crippen LogP contribution in [0.3, 0.4) is 0 Å². The Balaban J connectivity index is 2.36. The Hall–Kier alpha value is -2.08. The normalized spacial score (nSPS) is 12.7. The Morgan fingerprint density at radius 2 is 1.83 bits per heavy atom. The summed E-state index contributed by atoms with van der Waals surface area (Å²) < 4.78 is 45.4. The van der Waals surface area contributed by atoms with Crippen LogP contribution in [0.5, 0.6) is 11.5 Å². The smallest absolute Gasteiger partial charge is 0.400 e. The van der Waals surface area contributed by atoms with Crippen LogP contribution >= 0.6 is 11.8 Å². The van der Waals surface area contributed by atoms with Gasteiger partial charge in [-0.05, 0) is 23.1 Å². The summed E-state index contributed by atoms with van der Waals surface area (Å²) in [7, 11) is 1.37. The SMILES string of the molecule is C=C(Sc1ccccc1)C(c1ccc(OC)cc1O)C(F)(F)F. The average Bonchev–Trinajstić information content (AvgIpc) is 2.48. The molecule has 0 aliphatic carbocycles. The molecule has 0 saturated heterocycles. The number of aromatic hydroxyl groups is 1. The Morgan fingerprint density at radius 1 is 1.17 bits per heavy atom. The highest BCUT2D eigenvalue weighted by Crippen LogP contribution is 2.48. The van der Waals surface area contributed by atoms with Gasteiger partial charge in [0.2, 0.25) is 0 Å². The Kier molecular flexibility index (Phi) is 5.26. The van der Waals surface area contributed by atoms with Crippen LogP contribution < -0.4 is 4.74 Å². The third kappa shape index (κ3) is 4.22. The molecule has 0 fully saturated rings. The van der Waals surface area contributed by atoms with E-state index in [9.17, 15) is 18.3 Å². The van der Waals surface area contributed by atoms with Crippen LogP contribution in [0, 0.1) is 0 Å². The first-order chi connectivity index (χ1) is 10.8. The lowest BCUT2D eigenvalue weighted by Crippen LogP contribution is -2.21. The summed E-state index contributed by atoms with van der Waals surface area (Å²) in [6, 6.07) is 12.4. The molecule has 0 amide bonds. The number of benzene rings is 2. The fourth-order valence-electron chi connectivity index (χ4n) is 2.13. The van der Waals surface area contributed by atoms with Crippen molar-refractivity contribution < 1.29 is 23.0 Å². The van der Waals surface area contributed by atoms with Gasteiger partial charge in [-0.3, -0.25) is 0 Å². The second-order valence-corrected chi connectivity index (χ2v) is 5.98. The van der Waals surface area contributed by atoms with Crippen molar-refractivity contribution in [1.82, 2.24) is 0 Å². The molecular weight excluding hydrogens is 325 g/mol. The number of methoxy groups -OCH3 is 1. The molecule has 122 valence electrons. The van der Waals surface area contributed by atoms with Crippen LogP contribution in [-0.4, -0.2) is 18.4 Å². The van der Waals surface area contributed by atoms with E-state index in [2.05, 4.69) is 6.58 Å². The minimum Gasteiger partial charge on any atom is -0.508 e. The van der Waals surface area contributed by atoms with E-state index in [0.717, 1.165) is 17.8 Å². The molecule has 0 spiro atoms. The van der Waals surface area contributed by atoms with Gasteiger partial charge < -0.3 is 9.84 Å². The van der Waals surface area contributed by atoms with Crippen LogP contribution in [0.4, 0.5) is 13.2 Å². The zero-order valence-electron chi connectivity index (χ0n) is 12.3. The van der Waals surface area contributed by atoms with Gasteiger partial charge in [0.25, 0.3) is 0 Å². The fourth-order valence-corrected chi connectivity index (χ4v) is 3.10. The molecule has 0 aliphatic heterocycles. The minimum atomic E-state index is -4.56. The highest BCUT2D eigenvalue weighted by atomic mass is 32.2. The number of hydrogen-bond acceptors (Lipinski definition) is 3. The van der Waals surface area contributed by atoms with E-state index < -0.39 is 17.8 Å². The predicted octanol–water partition coefficient (Wildman–Crippen LogP) is 5.35. The molecule has 1 atom stereocenters. The van der Waals surface area contributed by atoms with Crippen molar-refractivity contribution in [2.75, 3.05) is 7.11 Å². The Morgan fingerprint density at radius 3 is 2.35 bits per heavy atom. The number of ether oxygens (including phenoxy) is 1. The molecule has 0 saturated carbocycles. The molecule has 2 rings (SSSR count). The van der Waals surface area contributed by atoms with Gasteiger partial charge in [0, 0.05) is 16.5 Å². The first-order valence-corrected chi connectivity index (χ1v) is 7.50. The maximum Gasteiger partial charge on any atom is 0.400 e. The number of phenolic OH excluding ortho intramolecular Hbond substituents is 1. The Labute approximate surface area is 136 Å². The first-order valence-electron chi connectivity index (χ1n) is 6.68. The molecule has 6 heteroatoms. The van der Waals surface area contributed by atoms with E-state index in [-0.39, 0.29) is 16.2 Å². The van der Waals surface area contributed by atoms with E-state index in [0.29, 0.717) is 4.90 Å². The summed E-state index contributed by atoms with van der Waals surface area (Å²) in [5.74, 6) is -2.16. The predicted molar refractivity (Wildman–Crippen MR) is 84.9 cm³/mol. The summed E-state index contributed by atoms with van der Waals surface area (Å²) in [4.78, 5) is 0.545. The van der Waals surface area contributed by atoms with Crippen LogP contribution in [0.1, 0.15) is 11.5 Å². The molecule has 2 nitrogen and oxygen atoms in total. The van der Waals surface area contributed by atoms with Gasteiger partial charge in [-0.15, -0.1) is 0 Å². The fraction of sp³-hybridized carbons (Fsp3) is 0.176. The number of halogens is 3. The molecule has 1 unspecified atom stereocenters. The van der Waals surface area contributed by atoms with Crippen molar-refractivity contribution in [3.8, 4) is 11.5 Å². The summed E-state index contributed by atoms with van der Waals surface area (Å²) in [6.07, 6.45) is -4.56. The van der Waals surface area contributed by atoms with E-state index in [1.165, 1.54) is 19.2 Å². The highest BCUT2D eigenvalue weighted by Gasteiger charge is 2.44. The second kappa shape index (κ2) is 7.00. The molecule has 23 heavy (non-hydrogen) atoms. The third-order valence-corrected chi connectivity index (χ3v) is 4.20. The molecule has 0 heterocycles. The van der Waals surface area contributed by atoms with Crippen LogP contribution in [0.25, 0.3) is 0 Å². The van der Waals surface area contributed by atoms with E-state index in [1.54, 1.807) is 30.3 Å². The maximum atomic E-state index is 13.5. The van der Waals surface area contributed by atoms with Gasteiger partial charge in [0.15, 0.2) is 0 Å². The summed E-state index contributed by atoms with van der Waals surface area (Å²) in [5, 5.41) is 9.94. The molecule has 0 aromatic heterocycles. The lowest BCUT2D eigenvalue weighted by Gasteiger charge is -2.23. The number of alkyl halides is 3. The topological polar surface area (TPSA) is 29.5 Å². The van der Waals surface area contributed by atoms with Crippen molar-refractivity contribution in [2.24, 2.45) is 0 Å². The van der Waals surface area contributed by atoms with Crippen molar-refractivity contribution in [1.29, 1.82) is 0 Å². The van der Waals surface area contributed by atoms with Gasteiger partial charge >= 0.3 is 6.18 Å². The van der Waals surface area contributed by atoms with Crippen molar-refractivity contribution in [2.45, 2.75) is 17.0 Å². The average molecular weight is 340 g/mol. The lowest BCUT2D eigenvalue weighted by atomic mass is 9.97. The van der Waals surface area contributed by atoms with Crippen LogP contribution in [-0.2, 0) is 0 Å². The number of hydrogen-bond donors (Lipinski definition) is 1. The summed E-state index contributed by atoms with van der Waals surface area (Å²) in [6.45, 7) is 3.58. The zero-order chi connectivity index (χ0) is 17.0. The van der Waals surface area contributed by atoms with Gasteiger partial charge in [0.1, 0.15) is 17.4 Å². The maximum absolute atomic E-state index is 13.5. The van der Waals surface area contributed by atoms with E-state index >= 15 is 0 Å². The van der Waals surface area contributed by atoms with Crippen LogP contribution in [0.2, 0.25) is 0 Å². The molecule has 0 bridgehead atoms. The molecule has 2 aromatic rings. The molecule has 1 N–H and O–H groups in total. The number of phenols is 1. The number of rotatable bonds is 5. The van der Waals surface area contributed by atoms with E-state index in [1.807, 2.05) is 0 Å². The molecule has 0 aliphatic rings. The van der Waals surface area contributed by atoms with Gasteiger partial charge in [-0.2, -0.15) is 13.2 Å². The molecule has 0 radical (unpaired) electrons. The summed E-state index contributed by atoms with van der Waals surface area (Å²) in [5.41, 5.74) is -0.244. The lowest BCUT2D eigenvalue weighted by molar-refractivity contribution is -0.140. The Bertz CT molecular complexity index is 684. The van der Waals surface area contributed by atoms with Crippen LogP contribution in [0.15, 0.2) is 64.9 Å². The number of allylic oxidation sites excluding steroid dienone is 1. The first kappa shape index (κ1) is 17.3. The number of thioether (sulfide) groups is 1. The zero-order valence-corrected chi connectivity index (χ0v) is 13.1. The van der Waals surface area contributed by atoms with E-state index in [4.69, 9.17) is 4.74 Å². The summed E-state index contributed by atoms with van der Waals surface area (Å²) >= 11 is 0.935. The van der Waals surface area contributed by atoms with Gasteiger partial charge in [-0.1, -0.05) is 42.6 Å². The van der Waals surface area contributed by atoms with Crippen molar-refractivity contribution >= 4 is 11.8 Å². The minimum absolute atomic E-state index is 0.107. The monoisotopic (exact) mass is 340 g/mol. The quantitative estimate of drug-likeness (QED) is 0.744. The highest BCUT2D eigenvalue weighted by molar-refractivity contribution is 8.03. The van der Waals surface area contributed by atoms with Crippen molar-refractivity contribution in [3.05, 3.63) is 65.6 Å². The standard InChI is InChI=1S/C17H15F3O2S/c1-11(23-13-6-4-3-5-7-13)16(17(18,19)20)14-9-8-12(22-2)10-15(14)21/h3-10,16,21H,1H2,2H3. The molecule has 2 aromatic carbocycles. The molecular formula is C17H15F3O2S. The van der Waals surface area contributed by atoms with Crippen molar-refractivity contribution in [3.63, 3.8) is 0 Å². The second-order valence-electron chi connectivity index (χ2n) is 4.78. The van der Waals surface area contributed by atoms with Gasteiger partial charge in [0.05, 0.1) is 7.11 Å².